The lowest BCUT2D eigenvalue weighted by Gasteiger charge is -2.14. The van der Waals surface area contributed by atoms with Gasteiger partial charge < -0.3 is 15.6 Å². The van der Waals surface area contributed by atoms with E-state index in [1.54, 1.807) is 6.92 Å². The second kappa shape index (κ2) is 5.94. The lowest BCUT2D eigenvalue weighted by Crippen LogP contribution is -2.37. The molecule has 4 nitrogen and oxygen atoms in total. The predicted molar refractivity (Wildman–Crippen MR) is 50.1 cm³/mol. The Morgan fingerprint density at radius 1 is 1.46 bits per heavy atom. The fourth-order valence-electron chi connectivity index (χ4n) is 0.698. The Hall–Kier alpha value is -0.610. The maximum atomic E-state index is 11.1. The van der Waals surface area contributed by atoms with Crippen LogP contribution in [-0.4, -0.2) is 29.8 Å². The second-order valence-electron chi connectivity index (χ2n) is 3.57. The molecule has 0 amide bonds. The number of rotatable bonds is 5. The lowest BCUT2D eigenvalue weighted by atomic mass is 10.1. The Morgan fingerprint density at radius 2 is 2.00 bits per heavy atom. The van der Waals surface area contributed by atoms with E-state index in [0.29, 0.717) is 6.42 Å². The number of carbonyl (C=O) groups excluding carboxylic acids is 1. The Labute approximate surface area is 79.1 Å². The molecule has 0 radical (unpaired) electrons. The van der Waals surface area contributed by atoms with Crippen molar-refractivity contribution in [1.82, 2.24) is 0 Å². The molecule has 0 bridgehead atoms. The molecule has 0 rings (SSSR count). The molecule has 2 atom stereocenters. The zero-order chi connectivity index (χ0) is 10.4. The SMILES string of the molecule is CC(O)CCOC(=O)C(N)C(C)C. The first-order valence-electron chi connectivity index (χ1n) is 4.55. The number of carbonyl (C=O) groups is 1. The molecule has 13 heavy (non-hydrogen) atoms. The third kappa shape index (κ3) is 5.60. The number of hydrogen-bond donors (Lipinski definition) is 2. The summed E-state index contributed by atoms with van der Waals surface area (Å²) in [5.74, 6) is -0.310. The molecule has 0 aromatic carbocycles. The minimum absolute atomic E-state index is 0.0825. The standard InChI is InChI=1S/C9H19NO3/c1-6(2)8(10)9(12)13-5-4-7(3)11/h6-8,11H,4-5,10H2,1-3H3. The summed E-state index contributed by atoms with van der Waals surface area (Å²) < 4.78 is 4.85. The molecular weight excluding hydrogens is 170 g/mol. The van der Waals surface area contributed by atoms with Gasteiger partial charge in [-0.05, 0) is 12.8 Å². The molecule has 0 aromatic rings. The molecular formula is C9H19NO3. The van der Waals surface area contributed by atoms with Crippen LogP contribution in [0, 0.1) is 5.92 Å². The van der Waals surface area contributed by atoms with E-state index in [9.17, 15) is 4.79 Å². The van der Waals surface area contributed by atoms with Gasteiger partial charge in [-0.2, -0.15) is 0 Å². The van der Waals surface area contributed by atoms with Gasteiger partial charge in [0.05, 0.1) is 12.7 Å². The van der Waals surface area contributed by atoms with Crippen molar-refractivity contribution in [3.05, 3.63) is 0 Å². The van der Waals surface area contributed by atoms with E-state index >= 15 is 0 Å². The molecule has 0 heterocycles. The largest absolute Gasteiger partial charge is 0.464 e. The van der Waals surface area contributed by atoms with E-state index in [2.05, 4.69) is 0 Å². The van der Waals surface area contributed by atoms with Crippen molar-refractivity contribution >= 4 is 5.97 Å². The molecule has 4 heteroatoms. The smallest absolute Gasteiger partial charge is 0.323 e. The van der Waals surface area contributed by atoms with Crippen LogP contribution in [-0.2, 0) is 9.53 Å². The van der Waals surface area contributed by atoms with Crippen LogP contribution in [0.15, 0.2) is 0 Å². The van der Waals surface area contributed by atoms with E-state index in [1.165, 1.54) is 0 Å². The van der Waals surface area contributed by atoms with Crippen LogP contribution in [0.25, 0.3) is 0 Å². The molecule has 0 aliphatic rings. The zero-order valence-electron chi connectivity index (χ0n) is 8.49. The summed E-state index contributed by atoms with van der Waals surface area (Å²) in [6.45, 7) is 5.61. The average Bonchev–Trinajstić information content (AvgIpc) is 2.02. The highest BCUT2D eigenvalue weighted by Crippen LogP contribution is 2.01. The summed E-state index contributed by atoms with van der Waals surface area (Å²) in [7, 11) is 0. The molecule has 0 aliphatic heterocycles. The summed E-state index contributed by atoms with van der Waals surface area (Å²) >= 11 is 0. The number of hydrogen-bond acceptors (Lipinski definition) is 4. The Morgan fingerprint density at radius 3 is 2.38 bits per heavy atom. The molecule has 0 saturated heterocycles. The van der Waals surface area contributed by atoms with Crippen molar-refractivity contribution in [3.8, 4) is 0 Å². The van der Waals surface area contributed by atoms with E-state index < -0.39 is 18.1 Å². The monoisotopic (exact) mass is 189 g/mol. The van der Waals surface area contributed by atoms with Crippen LogP contribution in [0.4, 0.5) is 0 Å². The minimum Gasteiger partial charge on any atom is -0.464 e. The third-order valence-corrected chi connectivity index (χ3v) is 1.77. The first-order valence-corrected chi connectivity index (χ1v) is 4.55. The van der Waals surface area contributed by atoms with Crippen LogP contribution in [0.1, 0.15) is 27.2 Å². The van der Waals surface area contributed by atoms with Crippen LogP contribution in [0.3, 0.4) is 0 Å². The van der Waals surface area contributed by atoms with Gasteiger partial charge in [-0.1, -0.05) is 13.8 Å². The van der Waals surface area contributed by atoms with Gasteiger partial charge in [0.25, 0.3) is 0 Å². The van der Waals surface area contributed by atoms with Crippen LogP contribution in [0.2, 0.25) is 0 Å². The van der Waals surface area contributed by atoms with Crippen LogP contribution < -0.4 is 5.73 Å². The van der Waals surface area contributed by atoms with Crippen molar-refractivity contribution in [1.29, 1.82) is 0 Å². The predicted octanol–water partition coefficient (Wildman–Crippen LogP) is 0.284. The Bertz CT molecular complexity index is 157. The fourth-order valence-corrected chi connectivity index (χ4v) is 0.698. The number of ether oxygens (including phenoxy) is 1. The highest BCUT2D eigenvalue weighted by Gasteiger charge is 2.18. The summed E-state index contributed by atoms with van der Waals surface area (Å²) in [6.07, 6.45) is 0.0133. The molecule has 0 aliphatic carbocycles. The van der Waals surface area contributed by atoms with Gasteiger partial charge in [-0.3, -0.25) is 4.79 Å². The zero-order valence-corrected chi connectivity index (χ0v) is 8.49. The number of esters is 1. The van der Waals surface area contributed by atoms with Crippen LogP contribution in [0.5, 0.6) is 0 Å². The van der Waals surface area contributed by atoms with Gasteiger partial charge in [-0.25, -0.2) is 0 Å². The average molecular weight is 189 g/mol. The maximum absolute atomic E-state index is 11.1. The molecule has 0 spiro atoms. The highest BCUT2D eigenvalue weighted by atomic mass is 16.5. The van der Waals surface area contributed by atoms with E-state index in [4.69, 9.17) is 15.6 Å². The summed E-state index contributed by atoms with van der Waals surface area (Å²) in [5.41, 5.74) is 5.54. The molecule has 0 saturated carbocycles. The van der Waals surface area contributed by atoms with E-state index in [-0.39, 0.29) is 12.5 Å². The molecule has 2 unspecified atom stereocenters. The first kappa shape index (κ1) is 12.4. The number of aliphatic hydroxyl groups is 1. The van der Waals surface area contributed by atoms with E-state index in [0.717, 1.165) is 0 Å². The molecule has 78 valence electrons. The van der Waals surface area contributed by atoms with Crippen molar-refractivity contribution < 1.29 is 14.6 Å². The van der Waals surface area contributed by atoms with Gasteiger partial charge in [0.1, 0.15) is 6.04 Å². The molecule has 0 fully saturated rings. The lowest BCUT2D eigenvalue weighted by molar-refractivity contribution is -0.146. The number of nitrogens with two attached hydrogens (primary N) is 1. The molecule has 3 N–H and O–H groups in total. The second-order valence-corrected chi connectivity index (χ2v) is 3.57. The first-order chi connectivity index (χ1) is 5.95. The van der Waals surface area contributed by atoms with Gasteiger partial charge >= 0.3 is 5.97 Å². The summed E-state index contributed by atoms with van der Waals surface area (Å²) in [4.78, 5) is 11.1. The summed E-state index contributed by atoms with van der Waals surface area (Å²) in [5, 5.41) is 8.89. The highest BCUT2D eigenvalue weighted by molar-refractivity contribution is 5.75. The van der Waals surface area contributed by atoms with Gasteiger partial charge in [0, 0.05) is 6.42 Å². The third-order valence-electron chi connectivity index (χ3n) is 1.77. The maximum Gasteiger partial charge on any atom is 0.323 e. The van der Waals surface area contributed by atoms with Crippen molar-refractivity contribution in [3.63, 3.8) is 0 Å². The van der Waals surface area contributed by atoms with Gasteiger partial charge in [0.2, 0.25) is 0 Å². The van der Waals surface area contributed by atoms with Gasteiger partial charge in [0.15, 0.2) is 0 Å². The topological polar surface area (TPSA) is 72.5 Å². The quantitative estimate of drug-likeness (QED) is 0.609. The van der Waals surface area contributed by atoms with Gasteiger partial charge in [-0.15, -0.1) is 0 Å². The van der Waals surface area contributed by atoms with Crippen molar-refractivity contribution in [2.24, 2.45) is 11.7 Å². The fraction of sp³-hybridized carbons (Fsp3) is 0.889. The van der Waals surface area contributed by atoms with Crippen molar-refractivity contribution in [2.45, 2.75) is 39.3 Å². The van der Waals surface area contributed by atoms with Crippen molar-refractivity contribution in [2.75, 3.05) is 6.61 Å². The minimum atomic E-state index is -0.561. The Kier molecular flexibility index (Phi) is 5.66. The number of aliphatic hydroxyl groups excluding tert-OH is 1. The normalized spacial score (nSPS) is 15.5. The van der Waals surface area contributed by atoms with E-state index in [1.807, 2.05) is 13.8 Å². The van der Waals surface area contributed by atoms with Crippen LogP contribution >= 0.6 is 0 Å². The summed E-state index contributed by atoms with van der Waals surface area (Å²) in [6, 6.07) is -0.561. The molecule has 0 aromatic heterocycles. The Balaban J connectivity index is 3.62.